The van der Waals surface area contributed by atoms with Crippen molar-refractivity contribution in [1.29, 1.82) is 0 Å². The van der Waals surface area contributed by atoms with Gasteiger partial charge in [-0.05, 0) is 31.7 Å². The van der Waals surface area contributed by atoms with Gasteiger partial charge in [0.05, 0.1) is 5.69 Å². The van der Waals surface area contributed by atoms with Crippen LogP contribution in [0.25, 0.3) is 0 Å². The summed E-state index contributed by atoms with van der Waals surface area (Å²) in [5, 5.41) is 6.14. The molecule has 2 aromatic rings. The lowest BCUT2D eigenvalue weighted by Gasteiger charge is -2.19. The SMILES string of the molecule is CC(C)(C)c1cc(C(F)(F)F)nc(SCCNC(=O)Cn2nc(C(F)(F)F)c3c2CCCC3)n1. The van der Waals surface area contributed by atoms with Gasteiger partial charge in [-0.25, -0.2) is 9.97 Å². The summed E-state index contributed by atoms with van der Waals surface area (Å²) in [7, 11) is 0. The van der Waals surface area contributed by atoms with Gasteiger partial charge in [0.1, 0.15) is 12.2 Å². The summed E-state index contributed by atoms with van der Waals surface area (Å²) < 4.78 is 80.5. The Morgan fingerprint density at radius 2 is 1.68 bits per heavy atom. The van der Waals surface area contributed by atoms with E-state index in [2.05, 4.69) is 20.4 Å². The van der Waals surface area contributed by atoms with E-state index in [1.54, 1.807) is 20.8 Å². The van der Waals surface area contributed by atoms with Crippen molar-refractivity contribution in [2.75, 3.05) is 12.3 Å². The molecule has 2 heterocycles. The van der Waals surface area contributed by atoms with Gasteiger partial charge in [0.25, 0.3) is 0 Å². The molecule has 1 N–H and O–H groups in total. The maximum absolute atomic E-state index is 13.3. The Morgan fingerprint density at radius 1 is 1.03 bits per heavy atom. The van der Waals surface area contributed by atoms with Crippen molar-refractivity contribution in [3.8, 4) is 0 Å². The van der Waals surface area contributed by atoms with E-state index in [0.29, 0.717) is 18.5 Å². The molecule has 0 aromatic carbocycles. The van der Waals surface area contributed by atoms with Crippen LogP contribution in [0.15, 0.2) is 11.2 Å². The number of thioether (sulfide) groups is 1. The normalized spacial score (nSPS) is 14.7. The Labute approximate surface area is 196 Å². The van der Waals surface area contributed by atoms with Gasteiger partial charge in [-0.3, -0.25) is 9.48 Å². The molecule has 6 nitrogen and oxygen atoms in total. The first-order valence-corrected chi connectivity index (χ1v) is 11.7. The standard InChI is InChI=1S/C21H25F6N5OS/c1-19(2,3)14-10-15(20(22,23)24)30-18(29-14)34-9-8-28-16(33)11-32-13-7-5-4-6-12(13)17(31-32)21(25,26)27/h10H,4-9,11H2,1-3H3,(H,28,33). The van der Waals surface area contributed by atoms with Crippen LogP contribution < -0.4 is 5.32 Å². The third-order valence-electron chi connectivity index (χ3n) is 5.24. The highest BCUT2D eigenvalue weighted by Crippen LogP contribution is 2.36. The molecular weight excluding hydrogens is 484 g/mol. The van der Waals surface area contributed by atoms with Crippen molar-refractivity contribution in [2.24, 2.45) is 0 Å². The number of carbonyl (C=O) groups is 1. The van der Waals surface area contributed by atoms with Gasteiger partial charge < -0.3 is 5.32 Å². The maximum Gasteiger partial charge on any atom is 0.435 e. The first kappa shape index (κ1) is 26.3. The molecule has 0 saturated carbocycles. The number of nitrogens with zero attached hydrogens (tertiary/aromatic N) is 4. The lowest BCUT2D eigenvalue weighted by atomic mass is 9.91. The first-order valence-electron chi connectivity index (χ1n) is 10.7. The quantitative estimate of drug-likeness (QED) is 0.262. The highest BCUT2D eigenvalue weighted by atomic mass is 32.2. The van der Waals surface area contributed by atoms with E-state index in [0.717, 1.165) is 28.9 Å². The maximum atomic E-state index is 13.3. The first-order chi connectivity index (χ1) is 15.7. The summed E-state index contributed by atoms with van der Waals surface area (Å²) >= 11 is 0.951. The Kier molecular flexibility index (Phi) is 7.54. The fourth-order valence-corrected chi connectivity index (χ4v) is 4.29. The van der Waals surface area contributed by atoms with Gasteiger partial charge in [0.15, 0.2) is 10.9 Å². The Hall–Kier alpha value is -2.31. The van der Waals surface area contributed by atoms with Gasteiger partial charge >= 0.3 is 12.4 Å². The zero-order valence-corrected chi connectivity index (χ0v) is 19.7. The molecule has 0 fully saturated rings. The Bertz CT molecular complexity index is 1010. The summed E-state index contributed by atoms with van der Waals surface area (Å²) in [6.45, 7) is 4.92. The van der Waals surface area contributed by atoms with E-state index in [1.807, 2.05) is 0 Å². The monoisotopic (exact) mass is 509 g/mol. The summed E-state index contributed by atoms with van der Waals surface area (Å²) in [5.74, 6) is -0.354. The van der Waals surface area contributed by atoms with Crippen molar-refractivity contribution in [2.45, 2.75) is 75.9 Å². The number of aromatic nitrogens is 4. The molecule has 188 valence electrons. The molecule has 1 aliphatic carbocycles. The number of nitrogens with one attached hydrogen (secondary N) is 1. The van der Waals surface area contributed by atoms with Crippen LogP contribution >= 0.6 is 11.8 Å². The average molecular weight is 510 g/mol. The molecule has 34 heavy (non-hydrogen) atoms. The number of rotatable bonds is 6. The number of hydrogen-bond donors (Lipinski definition) is 1. The number of fused-ring (bicyclic) bond motifs is 1. The molecule has 1 aliphatic rings. The number of alkyl halides is 6. The van der Waals surface area contributed by atoms with Crippen molar-refractivity contribution in [3.63, 3.8) is 0 Å². The minimum Gasteiger partial charge on any atom is -0.354 e. The number of hydrogen-bond acceptors (Lipinski definition) is 5. The van der Waals surface area contributed by atoms with Crippen LogP contribution in [0.4, 0.5) is 26.3 Å². The van der Waals surface area contributed by atoms with Crippen molar-refractivity contribution < 1.29 is 31.1 Å². The predicted octanol–water partition coefficient (Wildman–Crippen LogP) is 4.80. The largest absolute Gasteiger partial charge is 0.435 e. The summed E-state index contributed by atoms with van der Waals surface area (Å²) in [5.41, 5.74) is -1.78. The summed E-state index contributed by atoms with van der Waals surface area (Å²) in [4.78, 5) is 20.1. The van der Waals surface area contributed by atoms with Gasteiger partial charge in [-0.2, -0.15) is 31.4 Å². The molecule has 0 aliphatic heterocycles. The fraction of sp³-hybridized carbons (Fsp3) is 0.619. The molecular formula is C21H25F6N5OS. The molecule has 1 amide bonds. The third-order valence-corrected chi connectivity index (χ3v) is 6.09. The lowest BCUT2D eigenvalue weighted by molar-refractivity contribution is -0.142. The molecule has 0 saturated heterocycles. The molecule has 3 rings (SSSR count). The van der Waals surface area contributed by atoms with Gasteiger partial charge in [0.2, 0.25) is 5.91 Å². The van der Waals surface area contributed by atoms with Crippen LogP contribution in [-0.4, -0.2) is 38.0 Å². The van der Waals surface area contributed by atoms with E-state index in [9.17, 15) is 31.1 Å². The Morgan fingerprint density at radius 3 is 2.29 bits per heavy atom. The molecule has 0 atom stereocenters. The van der Waals surface area contributed by atoms with Gasteiger partial charge in [0, 0.05) is 29.0 Å². The molecule has 0 bridgehead atoms. The molecule has 0 radical (unpaired) electrons. The summed E-state index contributed by atoms with van der Waals surface area (Å²) in [6, 6.07) is 0.922. The van der Waals surface area contributed by atoms with Gasteiger partial charge in [-0.15, -0.1) is 0 Å². The fourth-order valence-electron chi connectivity index (χ4n) is 3.57. The van der Waals surface area contributed by atoms with E-state index < -0.39 is 35.1 Å². The van der Waals surface area contributed by atoms with Crippen LogP contribution in [0.1, 0.15) is 62.0 Å². The smallest absolute Gasteiger partial charge is 0.354 e. The minimum atomic E-state index is -4.62. The Balaban J connectivity index is 1.61. The van der Waals surface area contributed by atoms with Crippen molar-refractivity contribution in [3.05, 3.63) is 34.4 Å². The minimum absolute atomic E-state index is 0.0648. The van der Waals surface area contributed by atoms with Crippen LogP contribution in [0.3, 0.4) is 0 Å². The van der Waals surface area contributed by atoms with Crippen molar-refractivity contribution in [1.82, 2.24) is 25.1 Å². The second-order valence-electron chi connectivity index (χ2n) is 9.00. The van der Waals surface area contributed by atoms with Gasteiger partial charge in [-0.1, -0.05) is 32.5 Å². The lowest BCUT2D eigenvalue weighted by Crippen LogP contribution is -2.30. The van der Waals surface area contributed by atoms with Crippen LogP contribution in [0, 0.1) is 0 Å². The molecule has 0 spiro atoms. The van der Waals surface area contributed by atoms with E-state index >= 15 is 0 Å². The highest BCUT2D eigenvalue weighted by Gasteiger charge is 2.39. The van der Waals surface area contributed by atoms with Crippen LogP contribution in [-0.2, 0) is 41.9 Å². The average Bonchev–Trinajstić information content (AvgIpc) is 3.09. The van der Waals surface area contributed by atoms with Crippen LogP contribution in [0.2, 0.25) is 0 Å². The number of carbonyl (C=O) groups excluding carboxylic acids is 1. The third kappa shape index (κ3) is 6.42. The van der Waals surface area contributed by atoms with Crippen LogP contribution in [0.5, 0.6) is 0 Å². The van der Waals surface area contributed by atoms with E-state index in [4.69, 9.17) is 0 Å². The second-order valence-corrected chi connectivity index (χ2v) is 10.1. The van der Waals surface area contributed by atoms with E-state index in [-0.39, 0.29) is 41.7 Å². The van der Waals surface area contributed by atoms with E-state index in [1.165, 1.54) is 0 Å². The number of halogens is 6. The zero-order valence-electron chi connectivity index (χ0n) is 18.9. The molecule has 0 unspecified atom stereocenters. The summed E-state index contributed by atoms with van der Waals surface area (Å²) in [6.07, 6.45) is -7.15. The molecule has 2 aromatic heterocycles. The zero-order chi connectivity index (χ0) is 25.3. The second kappa shape index (κ2) is 9.74. The predicted molar refractivity (Wildman–Crippen MR) is 113 cm³/mol. The topological polar surface area (TPSA) is 72.7 Å². The molecule has 13 heteroatoms. The van der Waals surface area contributed by atoms with Crippen molar-refractivity contribution >= 4 is 17.7 Å². The highest BCUT2D eigenvalue weighted by molar-refractivity contribution is 7.99. The number of amides is 1.